The van der Waals surface area contributed by atoms with Crippen molar-refractivity contribution in [2.45, 2.75) is 20.3 Å². The smallest absolute Gasteiger partial charge is 0.306 e. The summed E-state index contributed by atoms with van der Waals surface area (Å²) in [6.07, 6.45) is 0.193. The van der Waals surface area contributed by atoms with Crippen LogP contribution in [0.3, 0.4) is 0 Å². The zero-order chi connectivity index (χ0) is 13.7. The number of nitrogens with one attached hydrogen (secondary N) is 1. The molecule has 0 radical (unpaired) electrons. The van der Waals surface area contributed by atoms with Crippen molar-refractivity contribution in [1.82, 2.24) is 0 Å². The van der Waals surface area contributed by atoms with Gasteiger partial charge in [0, 0.05) is 27.4 Å². The summed E-state index contributed by atoms with van der Waals surface area (Å²) in [5, 5.41) is 8.09. The Kier molecular flexibility index (Phi) is 5.34. The van der Waals surface area contributed by atoms with Gasteiger partial charge in [-0.15, -0.1) is 0 Å². The number of nitrogen functional groups attached to an aromatic ring is 1. The fraction of sp³-hybridized carbons (Fsp3) is 0.385. The lowest BCUT2D eigenvalue weighted by Crippen LogP contribution is -2.18. The van der Waals surface area contributed by atoms with E-state index in [1.54, 1.807) is 19.1 Å². The Morgan fingerprint density at radius 3 is 2.83 bits per heavy atom. The summed E-state index contributed by atoms with van der Waals surface area (Å²) in [4.78, 5) is 11.4. The Morgan fingerprint density at radius 2 is 2.22 bits per heavy atom. The molecule has 0 aliphatic rings. The number of ether oxygens (including phenoxy) is 1. The van der Waals surface area contributed by atoms with E-state index in [0.717, 1.165) is 4.47 Å². The van der Waals surface area contributed by atoms with Gasteiger partial charge < -0.3 is 15.9 Å². The molecule has 0 fully saturated rings. The first-order valence-corrected chi connectivity index (χ1v) is 6.54. The molecule has 1 aromatic rings. The number of hydrogen-bond acceptors (Lipinski definition) is 4. The van der Waals surface area contributed by atoms with E-state index in [2.05, 4.69) is 15.9 Å². The minimum absolute atomic E-state index is 0.193. The van der Waals surface area contributed by atoms with E-state index in [-0.39, 0.29) is 18.3 Å². The molecular formula is C13H17BrN2O2. The molecule has 0 amide bonds. The molecule has 0 aliphatic carbocycles. The molecule has 0 saturated carbocycles. The highest BCUT2D eigenvalue weighted by molar-refractivity contribution is 9.10. The Hall–Kier alpha value is -1.36. The quantitative estimate of drug-likeness (QED) is 0.498. The maximum absolute atomic E-state index is 11.4. The van der Waals surface area contributed by atoms with Crippen molar-refractivity contribution in [3.8, 4) is 0 Å². The SMILES string of the molecule is CCOC(=O)CC(C)C(=N)c1cc(Br)ccc1N. The van der Waals surface area contributed by atoms with Crippen molar-refractivity contribution in [3.63, 3.8) is 0 Å². The summed E-state index contributed by atoms with van der Waals surface area (Å²) in [6, 6.07) is 5.35. The van der Waals surface area contributed by atoms with E-state index in [9.17, 15) is 4.79 Å². The van der Waals surface area contributed by atoms with Crippen molar-refractivity contribution in [1.29, 1.82) is 5.41 Å². The van der Waals surface area contributed by atoms with Crippen LogP contribution >= 0.6 is 15.9 Å². The van der Waals surface area contributed by atoms with Gasteiger partial charge >= 0.3 is 5.97 Å². The Morgan fingerprint density at radius 1 is 1.56 bits per heavy atom. The standard InChI is InChI=1S/C13H17BrN2O2/c1-3-18-12(17)6-8(2)13(16)10-7-9(14)4-5-11(10)15/h4-5,7-8,16H,3,6,15H2,1-2H3. The Balaban J connectivity index is 2.80. The molecule has 0 bridgehead atoms. The van der Waals surface area contributed by atoms with E-state index in [0.29, 0.717) is 23.6 Å². The largest absolute Gasteiger partial charge is 0.466 e. The van der Waals surface area contributed by atoms with E-state index >= 15 is 0 Å². The highest BCUT2D eigenvalue weighted by Crippen LogP contribution is 2.22. The molecule has 5 heteroatoms. The minimum atomic E-state index is -0.289. The maximum Gasteiger partial charge on any atom is 0.306 e. The molecule has 18 heavy (non-hydrogen) atoms. The third kappa shape index (κ3) is 3.84. The number of carbonyl (C=O) groups is 1. The van der Waals surface area contributed by atoms with E-state index in [4.69, 9.17) is 15.9 Å². The van der Waals surface area contributed by atoms with Gasteiger partial charge in [-0.3, -0.25) is 4.79 Å². The Bertz CT molecular complexity index is 460. The second-order valence-corrected chi connectivity index (χ2v) is 4.97. The summed E-state index contributed by atoms with van der Waals surface area (Å²) < 4.78 is 5.74. The molecule has 4 nitrogen and oxygen atoms in total. The lowest BCUT2D eigenvalue weighted by molar-refractivity contribution is -0.143. The van der Waals surface area contributed by atoms with Crippen molar-refractivity contribution in [2.75, 3.05) is 12.3 Å². The molecule has 0 spiro atoms. The monoisotopic (exact) mass is 312 g/mol. The van der Waals surface area contributed by atoms with Crippen LogP contribution in [0.4, 0.5) is 5.69 Å². The van der Waals surface area contributed by atoms with Crippen LogP contribution < -0.4 is 5.73 Å². The average molecular weight is 313 g/mol. The van der Waals surface area contributed by atoms with Gasteiger partial charge in [0.2, 0.25) is 0 Å². The summed E-state index contributed by atoms with van der Waals surface area (Å²) in [5.41, 5.74) is 7.38. The van der Waals surface area contributed by atoms with Crippen molar-refractivity contribution in [3.05, 3.63) is 28.2 Å². The van der Waals surface area contributed by atoms with Gasteiger partial charge in [0.1, 0.15) is 0 Å². The topological polar surface area (TPSA) is 76.2 Å². The predicted molar refractivity (Wildman–Crippen MR) is 75.8 cm³/mol. The van der Waals surface area contributed by atoms with Crippen LogP contribution in [0.15, 0.2) is 22.7 Å². The predicted octanol–water partition coefficient (Wildman–Crippen LogP) is 2.99. The van der Waals surface area contributed by atoms with Crippen LogP contribution in [0.25, 0.3) is 0 Å². The van der Waals surface area contributed by atoms with Gasteiger partial charge in [0.25, 0.3) is 0 Å². The molecular weight excluding hydrogens is 296 g/mol. The first-order chi connectivity index (χ1) is 8.45. The number of esters is 1. The van der Waals surface area contributed by atoms with Crippen LogP contribution in [-0.4, -0.2) is 18.3 Å². The number of halogens is 1. The summed E-state index contributed by atoms with van der Waals surface area (Å²) in [5.74, 6) is -0.510. The fourth-order valence-electron chi connectivity index (χ4n) is 1.60. The lowest BCUT2D eigenvalue weighted by Gasteiger charge is -2.14. The summed E-state index contributed by atoms with van der Waals surface area (Å²) in [7, 11) is 0. The van der Waals surface area contributed by atoms with Gasteiger partial charge in [-0.05, 0) is 25.1 Å². The molecule has 3 N–H and O–H groups in total. The van der Waals surface area contributed by atoms with E-state index < -0.39 is 0 Å². The van der Waals surface area contributed by atoms with Gasteiger partial charge in [-0.25, -0.2) is 0 Å². The second kappa shape index (κ2) is 6.54. The molecule has 1 rings (SSSR count). The molecule has 0 aromatic heterocycles. The van der Waals surface area contributed by atoms with Gasteiger partial charge in [-0.2, -0.15) is 0 Å². The normalized spacial score (nSPS) is 11.9. The average Bonchev–Trinajstić information content (AvgIpc) is 2.31. The maximum atomic E-state index is 11.4. The zero-order valence-corrected chi connectivity index (χ0v) is 12.1. The van der Waals surface area contributed by atoms with Crippen LogP contribution in [0, 0.1) is 11.3 Å². The molecule has 0 aliphatic heterocycles. The lowest BCUT2D eigenvalue weighted by atomic mass is 9.94. The third-order valence-electron chi connectivity index (χ3n) is 2.58. The zero-order valence-electron chi connectivity index (χ0n) is 10.5. The van der Waals surface area contributed by atoms with Crippen LogP contribution in [0.5, 0.6) is 0 Å². The van der Waals surface area contributed by atoms with Gasteiger partial charge in [0.15, 0.2) is 0 Å². The molecule has 1 unspecified atom stereocenters. The number of rotatable bonds is 5. The second-order valence-electron chi connectivity index (χ2n) is 4.06. The number of benzene rings is 1. The minimum Gasteiger partial charge on any atom is -0.466 e. The molecule has 1 atom stereocenters. The first-order valence-electron chi connectivity index (χ1n) is 5.75. The van der Waals surface area contributed by atoms with Crippen molar-refractivity contribution >= 4 is 33.3 Å². The van der Waals surface area contributed by atoms with Crippen molar-refractivity contribution < 1.29 is 9.53 Å². The number of anilines is 1. The fourth-order valence-corrected chi connectivity index (χ4v) is 1.96. The Labute approximate surface area is 115 Å². The van der Waals surface area contributed by atoms with Crippen LogP contribution in [0.1, 0.15) is 25.8 Å². The molecule has 98 valence electrons. The third-order valence-corrected chi connectivity index (χ3v) is 3.07. The van der Waals surface area contributed by atoms with Gasteiger partial charge in [-0.1, -0.05) is 22.9 Å². The number of nitrogens with two attached hydrogens (primary N) is 1. The van der Waals surface area contributed by atoms with Crippen LogP contribution in [-0.2, 0) is 9.53 Å². The highest BCUT2D eigenvalue weighted by Gasteiger charge is 2.18. The summed E-state index contributed by atoms with van der Waals surface area (Å²) in [6.45, 7) is 3.94. The summed E-state index contributed by atoms with van der Waals surface area (Å²) >= 11 is 3.35. The van der Waals surface area contributed by atoms with Crippen molar-refractivity contribution in [2.24, 2.45) is 5.92 Å². The molecule has 1 aromatic carbocycles. The molecule has 0 saturated heterocycles. The van der Waals surface area contributed by atoms with E-state index in [1.165, 1.54) is 0 Å². The van der Waals surface area contributed by atoms with Crippen LogP contribution in [0.2, 0.25) is 0 Å². The van der Waals surface area contributed by atoms with E-state index in [1.807, 2.05) is 13.0 Å². The number of hydrogen-bond donors (Lipinski definition) is 2. The molecule has 0 heterocycles. The highest BCUT2D eigenvalue weighted by atomic mass is 79.9. The first kappa shape index (κ1) is 14.7. The van der Waals surface area contributed by atoms with Gasteiger partial charge in [0.05, 0.1) is 13.0 Å². The number of carbonyl (C=O) groups excluding carboxylic acids is 1.